The van der Waals surface area contributed by atoms with Crippen LogP contribution in [0.5, 0.6) is 0 Å². The number of hydrogen-bond donors (Lipinski definition) is 0. The predicted octanol–water partition coefficient (Wildman–Crippen LogP) is 6.02. The first kappa shape index (κ1) is 22.3. The Morgan fingerprint density at radius 1 is 1.26 bits per heavy atom. The van der Waals surface area contributed by atoms with Gasteiger partial charge in [-0.1, -0.05) is 75.8 Å². The Kier molecular flexibility index (Phi) is 8.69. The summed E-state index contributed by atoms with van der Waals surface area (Å²) in [5.41, 5.74) is 4.18. The summed E-state index contributed by atoms with van der Waals surface area (Å²) in [5.74, 6) is 0.0293. The fourth-order valence-electron chi connectivity index (χ4n) is 2.91. The summed E-state index contributed by atoms with van der Waals surface area (Å²) >= 11 is 11.1. The second-order valence-corrected chi connectivity index (χ2v) is 8.32. The topological polar surface area (TPSA) is 29.5 Å². The average molecular weight is 560 g/mol. The van der Waals surface area contributed by atoms with Gasteiger partial charge in [-0.15, -0.1) is 0 Å². The lowest BCUT2D eigenvalue weighted by molar-refractivity contribution is -0.116. The summed E-state index contributed by atoms with van der Waals surface area (Å²) in [7, 11) is 0. The van der Waals surface area contributed by atoms with Crippen molar-refractivity contribution in [2.75, 3.05) is 9.33 Å². The van der Waals surface area contributed by atoms with Crippen molar-refractivity contribution in [3.05, 3.63) is 63.6 Å². The summed E-state index contributed by atoms with van der Waals surface area (Å²) in [6.45, 7) is 6.44. The smallest absolute Gasteiger partial charge is 0.237 e. The Hall–Kier alpha value is -0.990. The molecule has 0 heterocycles. The first-order valence-electron chi connectivity index (χ1n) is 8.76. The number of para-hydroxylation sites is 1. The third-order valence-electron chi connectivity index (χ3n) is 4.35. The molecule has 2 rings (SSSR count). The lowest BCUT2D eigenvalue weighted by Gasteiger charge is -2.32. The van der Waals surface area contributed by atoms with Gasteiger partial charge in [-0.05, 0) is 61.3 Å². The number of hydrogen-bond acceptors (Lipinski definition) is 3. The molecule has 2 aromatic rings. The monoisotopic (exact) mass is 559 g/mol. The van der Waals surface area contributed by atoms with Gasteiger partial charge in [-0.25, -0.2) is 0 Å². The standard InChI is InChI=1S/C21H23BrINO2S/c1-4-17-7-5-6-14(2)20(17)24(19(25)12-23)15(3)21(27)26-13-16-8-10-18(22)11-9-16/h5-11,15H,4,12-13H2,1-3H3. The number of thiocarbonyl (C=S) groups is 1. The molecule has 0 aliphatic rings. The molecular weight excluding hydrogens is 537 g/mol. The quantitative estimate of drug-likeness (QED) is 0.236. The van der Waals surface area contributed by atoms with Crippen molar-refractivity contribution in [2.45, 2.75) is 39.8 Å². The SMILES string of the molecule is CCc1cccc(C)c1N(C(=O)CI)C(C)C(=S)OCc1ccc(Br)cc1. The van der Waals surface area contributed by atoms with Crippen molar-refractivity contribution >= 4 is 67.4 Å². The van der Waals surface area contributed by atoms with Crippen LogP contribution >= 0.6 is 50.7 Å². The maximum atomic E-state index is 12.8. The molecule has 0 saturated carbocycles. The molecular formula is C21H23BrINO2S. The van der Waals surface area contributed by atoms with Crippen LogP contribution in [0.2, 0.25) is 0 Å². The Morgan fingerprint density at radius 2 is 1.93 bits per heavy atom. The Labute approximate surface area is 188 Å². The fraction of sp³-hybridized carbons (Fsp3) is 0.333. The number of alkyl halides is 1. The number of benzene rings is 2. The van der Waals surface area contributed by atoms with E-state index in [-0.39, 0.29) is 11.9 Å². The fourth-order valence-corrected chi connectivity index (χ4v) is 3.71. The van der Waals surface area contributed by atoms with E-state index in [4.69, 9.17) is 17.0 Å². The number of amides is 1. The lowest BCUT2D eigenvalue weighted by Crippen LogP contribution is -2.45. The molecule has 3 nitrogen and oxygen atoms in total. The molecule has 0 saturated heterocycles. The number of carbonyl (C=O) groups excluding carboxylic acids is 1. The number of ether oxygens (including phenoxy) is 1. The third kappa shape index (κ3) is 5.74. The van der Waals surface area contributed by atoms with Crippen LogP contribution in [0, 0.1) is 6.92 Å². The van der Waals surface area contributed by atoms with E-state index >= 15 is 0 Å². The molecule has 0 aliphatic heterocycles. The van der Waals surface area contributed by atoms with E-state index in [0.29, 0.717) is 16.1 Å². The predicted molar refractivity (Wildman–Crippen MR) is 128 cm³/mol. The maximum Gasteiger partial charge on any atom is 0.237 e. The molecule has 0 fully saturated rings. The molecule has 1 atom stereocenters. The molecule has 0 aliphatic carbocycles. The largest absolute Gasteiger partial charge is 0.480 e. The van der Waals surface area contributed by atoms with Gasteiger partial charge in [0.1, 0.15) is 12.6 Å². The minimum atomic E-state index is -0.330. The number of halogens is 2. The van der Waals surface area contributed by atoms with Crippen LogP contribution in [0.15, 0.2) is 46.9 Å². The van der Waals surface area contributed by atoms with Gasteiger partial charge in [0.25, 0.3) is 0 Å². The Bertz CT molecular complexity index is 810. The number of rotatable bonds is 7. The second-order valence-electron chi connectivity index (χ2n) is 6.24. The minimum Gasteiger partial charge on any atom is -0.480 e. The van der Waals surface area contributed by atoms with Gasteiger partial charge in [-0.3, -0.25) is 9.69 Å². The lowest BCUT2D eigenvalue weighted by atomic mass is 10.0. The number of anilines is 1. The highest BCUT2D eigenvalue weighted by Gasteiger charge is 2.28. The minimum absolute atomic E-state index is 0.0293. The zero-order valence-electron chi connectivity index (χ0n) is 15.7. The van der Waals surface area contributed by atoms with Crippen LogP contribution in [-0.4, -0.2) is 21.4 Å². The van der Waals surface area contributed by atoms with E-state index in [0.717, 1.165) is 33.3 Å². The van der Waals surface area contributed by atoms with E-state index in [1.54, 1.807) is 4.90 Å². The highest BCUT2D eigenvalue weighted by molar-refractivity contribution is 14.1. The van der Waals surface area contributed by atoms with Gasteiger partial charge >= 0.3 is 0 Å². The molecule has 0 spiro atoms. The molecule has 0 radical (unpaired) electrons. The second kappa shape index (κ2) is 10.5. The van der Waals surface area contributed by atoms with Gasteiger partial charge in [0.15, 0.2) is 5.05 Å². The zero-order valence-corrected chi connectivity index (χ0v) is 20.2. The van der Waals surface area contributed by atoms with Crippen molar-refractivity contribution in [1.82, 2.24) is 0 Å². The first-order valence-corrected chi connectivity index (χ1v) is 11.5. The van der Waals surface area contributed by atoms with Crippen molar-refractivity contribution in [3.8, 4) is 0 Å². The molecule has 144 valence electrons. The van der Waals surface area contributed by atoms with Gasteiger partial charge < -0.3 is 4.74 Å². The number of aryl methyl sites for hydroxylation is 2. The van der Waals surface area contributed by atoms with Crippen molar-refractivity contribution in [2.24, 2.45) is 0 Å². The van der Waals surface area contributed by atoms with Crippen LogP contribution in [0.1, 0.15) is 30.5 Å². The van der Waals surface area contributed by atoms with Crippen molar-refractivity contribution in [3.63, 3.8) is 0 Å². The van der Waals surface area contributed by atoms with Crippen LogP contribution < -0.4 is 4.90 Å². The molecule has 27 heavy (non-hydrogen) atoms. The number of carbonyl (C=O) groups is 1. The van der Waals surface area contributed by atoms with E-state index < -0.39 is 0 Å². The summed E-state index contributed by atoms with van der Waals surface area (Å²) in [4.78, 5) is 14.6. The van der Waals surface area contributed by atoms with Gasteiger partial charge in [0.2, 0.25) is 5.91 Å². The molecule has 0 bridgehead atoms. The van der Waals surface area contributed by atoms with Gasteiger partial charge in [-0.2, -0.15) is 0 Å². The first-order chi connectivity index (χ1) is 12.9. The molecule has 0 aromatic heterocycles. The van der Waals surface area contributed by atoms with E-state index in [9.17, 15) is 4.79 Å². The molecule has 6 heteroatoms. The Balaban J connectivity index is 2.24. The van der Waals surface area contributed by atoms with Crippen LogP contribution in [0.4, 0.5) is 5.69 Å². The van der Waals surface area contributed by atoms with E-state index in [2.05, 4.69) is 51.5 Å². The van der Waals surface area contributed by atoms with Crippen molar-refractivity contribution < 1.29 is 9.53 Å². The molecule has 0 N–H and O–H groups in total. The summed E-state index contributed by atoms with van der Waals surface area (Å²) in [6.07, 6.45) is 0.848. The molecule has 1 unspecified atom stereocenters. The van der Waals surface area contributed by atoms with E-state index in [1.165, 1.54) is 0 Å². The summed E-state index contributed by atoms with van der Waals surface area (Å²) in [6, 6.07) is 13.7. The highest BCUT2D eigenvalue weighted by atomic mass is 127. The normalized spacial score (nSPS) is 11.7. The van der Waals surface area contributed by atoms with Gasteiger partial charge in [0.05, 0.1) is 10.1 Å². The van der Waals surface area contributed by atoms with Crippen LogP contribution in [0.25, 0.3) is 0 Å². The summed E-state index contributed by atoms with van der Waals surface area (Å²) in [5, 5.41) is 0.418. The number of nitrogens with zero attached hydrogens (tertiary/aromatic N) is 1. The highest BCUT2D eigenvalue weighted by Crippen LogP contribution is 2.29. The summed E-state index contributed by atoms with van der Waals surface area (Å²) < 4.78 is 7.26. The Morgan fingerprint density at radius 3 is 2.52 bits per heavy atom. The van der Waals surface area contributed by atoms with Crippen LogP contribution in [0.3, 0.4) is 0 Å². The van der Waals surface area contributed by atoms with E-state index in [1.807, 2.05) is 50.2 Å². The van der Waals surface area contributed by atoms with Crippen LogP contribution in [-0.2, 0) is 22.6 Å². The average Bonchev–Trinajstić information content (AvgIpc) is 2.68. The zero-order chi connectivity index (χ0) is 20.0. The molecule has 2 aromatic carbocycles. The maximum absolute atomic E-state index is 12.8. The van der Waals surface area contributed by atoms with Gasteiger partial charge in [0, 0.05) is 4.47 Å². The molecule has 1 amide bonds. The van der Waals surface area contributed by atoms with Crippen molar-refractivity contribution in [1.29, 1.82) is 0 Å². The third-order valence-corrected chi connectivity index (χ3v) is 5.99.